The largest absolute Gasteiger partial charge is 0.496 e. The van der Waals surface area contributed by atoms with Gasteiger partial charge in [-0.3, -0.25) is 4.79 Å². The molecule has 1 amide bonds. The Kier molecular flexibility index (Phi) is 3.64. The molecular formula is C13H18N2O2. The average Bonchev–Trinajstić information content (AvgIpc) is 2.52. The first-order chi connectivity index (χ1) is 8.22. The third kappa shape index (κ3) is 2.58. The number of rotatable bonds is 2. The first-order valence-electron chi connectivity index (χ1n) is 5.82. The fraction of sp³-hybridized carbons (Fsp3) is 0.462. The van der Waals surface area contributed by atoms with E-state index in [2.05, 4.69) is 5.32 Å². The van der Waals surface area contributed by atoms with Gasteiger partial charge in [0.2, 0.25) is 5.91 Å². The van der Waals surface area contributed by atoms with Crippen molar-refractivity contribution < 1.29 is 9.53 Å². The Morgan fingerprint density at radius 2 is 2.18 bits per heavy atom. The van der Waals surface area contributed by atoms with Gasteiger partial charge in [0.15, 0.2) is 0 Å². The van der Waals surface area contributed by atoms with Gasteiger partial charge in [0.05, 0.1) is 13.2 Å². The third-order valence-electron chi connectivity index (χ3n) is 3.13. The van der Waals surface area contributed by atoms with Crippen molar-refractivity contribution in [2.24, 2.45) is 0 Å². The van der Waals surface area contributed by atoms with Gasteiger partial charge in [0.1, 0.15) is 5.75 Å². The zero-order chi connectivity index (χ0) is 12.3. The van der Waals surface area contributed by atoms with Crippen LogP contribution in [-0.2, 0) is 4.79 Å². The van der Waals surface area contributed by atoms with Crippen LogP contribution in [0.2, 0.25) is 0 Å². The summed E-state index contributed by atoms with van der Waals surface area (Å²) in [5, 5.41) is 3.39. The highest BCUT2D eigenvalue weighted by Crippen LogP contribution is 2.26. The molecule has 0 bridgehead atoms. The van der Waals surface area contributed by atoms with Crippen LogP contribution < -0.4 is 10.1 Å². The monoisotopic (exact) mass is 234 g/mol. The summed E-state index contributed by atoms with van der Waals surface area (Å²) in [5.74, 6) is 1.06. The number of carbonyl (C=O) groups excluding carboxylic acids is 1. The van der Waals surface area contributed by atoms with Crippen molar-refractivity contribution in [2.75, 3.05) is 27.2 Å². The molecule has 4 nitrogen and oxygen atoms in total. The number of carbonyl (C=O) groups is 1. The van der Waals surface area contributed by atoms with Crippen molar-refractivity contribution in [1.82, 2.24) is 10.2 Å². The molecule has 17 heavy (non-hydrogen) atoms. The number of benzene rings is 1. The van der Waals surface area contributed by atoms with E-state index < -0.39 is 0 Å². The molecule has 2 rings (SSSR count). The molecule has 1 heterocycles. The van der Waals surface area contributed by atoms with Crippen molar-refractivity contribution in [2.45, 2.75) is 12.5 Å². The third-order valence-corrected chi connectivity index (χ3v) is 3.13. The molecule has 0 saturated carbocycles. The van der Waals surface area contributed by atoms with Gasteiger partial charge in [0.25, 0.3) is 0 Å². The molecule has 1 N–H and O–H groups in total. The lowest BCUT2D eigenvalue weighted by Gasteiger charge is -2.22. The lowest BCUT2D eigenvalue weighted by molar-refractivity contribution is -0.129. The van der Waals surface area contributed by atoms with Crippen LogP contribution in [-0.4, -0.2) is 38.1 Å². The van der Waals surface area contributed by atoms with Crippen molar-refractivity contribution in [3.63, 3.8) is 0 Å². The summed E-state index contributed by atoms with van der Waals surface area (Å²) in [4.78, 5) is 13.4. The first-order valence-corrected chi connectivity index (χ1v) is 5.82. The quantitative estimate of drug-likeness (QED) is 0.835. The van der Waals surface area contributed by atoms with Gasteiger partial charge < -0.3 is 15.0 Å². The van der Waals surface area contributed by atoms with E-state index in [9.17, 15) is 4.79 Å². The fourth-order valence-corrected chi connectivity index (χ4v) is 2.15. The molecule has 1 aliphatic rings. The second kappa shape index (κ2) is 5.19. The second-order valence-corrected chi connectivity index (χ2v) is 4.27. The van der Waals surface area contributed by atoms with Crippen LogP contribution in [0.3, 0.4) is 0 Å². The van der Waals surface area contributed by atoms with Crippen molar-refractivity contribution in [3.8, 4) is 5.75 Å². The SMILES string of the molecule is COc1ccccc1C1CN(C)C(=O)CCN1. The average molecular weight is 234 g/mol. The van der Waals surface area contributed by atoms with E-state index in [1.165, 1.54) is 0 Å². The normalized spacial score (nSPS) is 21.2. The summed E-state index contributed by atoms with van der Waals surface area (Å²) >= 11 is 0. The van der Waals surface area contributed by atoms with Gasteiger partial charge in [-0.05, 0) is 6.07 Å². The van der Waals surface area contributed by atoms with Gasteiger partial charge in [-0.1, -0.05) is 18.2 Å². The van der Waals surface area contributed by atoms with Crippen LogP contribution in [0.25, 0.3) is 0 Å². The maximum atomic E-state index is 11.6. The van der Waals surface area contributed by atoms with Gasteiger partial charge in [-0.25, -0.2) is 0 Å². The maximum Gasteiger partial charge on any atom is 0.223 e. The molecule has 0 aromatic heterocycles. The molecule has 92 valence electrons. The van der Waals surface area contributed by atoms with E-state index in [1.807, 2.05) is 31.3 Å². The Morgan fingerprint density at radius 1 is 1.41 bits per heavy atom. The minimum absolute atomic E-state index is 0.141. The standard InChI is InChI=1S/C13H18N2O2/c1-15-9-11(14-8-7-13(15)16)10-5-3-4-6-12(10)17-2/h3-6,11,14H,7-9H2,1-2H3. The molecule has 0 aliphatic carbocycles. The van der Waals surface area contributed by atoms with E-state index in [0.717, 1.165) is 11.3 Å². The van der Waals surface area contributed by atoms with Crippen LogP contribution in [0.15, 0.2) is 24.3 Å². The molecule has 1 atom stereocenters. The summed E-state index contributed by atoms with van der Waals surface area (Å²) in [7, 11) is 3.52. The predicted octanol–water partition coefficient (Wildman–Crippen LogP) is 1.19. The Hall–Kier alpha value is -1.55. The number of ether oxygens (including phenoxy) is 1. The summed E-state index contributed by atoms with van der Waals surface area (Å²) in [6.07, 6.45) is 0.558. The summed E-state index contributed by atoms with van der Waals surface area (Å²) in [6.45, 7) is 1.39. The molecule has 1 aromatic carbocycles. The van der Waals surface area contributed by atoms with E-state index in [-0.39, 0.29) is 11.9 Å². The maximum absolute atomic E-state index is 11.6. The number of nitrogens with one attached hydrogen (secondary N) is 1. The van der Waals surface area contributed by atoms with Crippen molar-refractivity contribution in [3.05, 3.63) is 29.8 Å². The first kappa shape index (κ1) is 11.9. The van der Waals surface area contributed by atoms with Crippen LogP contribution in [0.4, 0.5) is 0 Å². The summed E-state index contributed by atoms with van der Waals surface area (Å²) in [6, 6.07) is 8.08. The molecule has 1 fully saturated rings. The molecule has 1 aromatic rings. The minimum atomic E-state index is 0.141. The second-order valence-electron chi connectivity index (χ2n) is 4.27. The zero-order valence-electron chi connectivity index (χ0n) is 10.3. The number of likely N-dealkylation sites (N-methyl/N-ethyl adjacent to an activating group) is 1. The molecule has 0 spiro atoms. The Labute approximate surface area is 102 Å². The fourth-order valence-electron chi connectivity index (χ4n) is 2.15. The van der Waals surface area contributed by atoms with Crippen LogP contribution in [0.1, 0.15) is 18.0 Å². The zero-order valence-corrected chi connectivity index (χ0v) is 10.3. The van der Waals surface area contributed by atoms with Crippen LogP contribution in [0.5, 0.6) is 5.75 Å². The number of hydrogen-bond acceptors (Lipinski definition) is 3. The highest BCUT2D eigenvalue weighted by atomic mass is 16.5. The Balaban J connectivity index is 2.23. The molecule has 0 radical (unpaired) electrons. The molecule has 1 aliphatic heterocycles. The van der Waals surface area contributed by atoms with E-state index in [4.69, 9.17) is 4.74 Å². The Bertz CT molecular complexity index is 406. The Morgan fingerprint density at radius 3 is 2.94 bits per heavy atom. The summed E-state index contributed by atoms with van der Waals surface area (Å²) in [5.41, 5.74) is 1.11. The topological polar surface area (TPSA) is 41.6 Å². The molecule has 1 saturated heterocycles. The number of para-hydroxylation sites is 1. The number of methoxy groups -OCH3 is 1. The van der Waals surface area contributed by atoms with Crippen LogP contribution >= 0.6 is 0 Å². The van der Waals surface area contributed by atoms with Gasteiger partial charge >= 0.3 is 0 Å². The lowest BCUT2D eigenvalue weighted by Crippen LogP contribution is -2.31. The van der Waals surface area contributed by atoms with Gasteiger partial charge in [-0.2, -0.15) is 0 Å². The molecule has 1 unspecified atom stereocenters. The smallest absolute Gasteiger partial charge is 0.223 e. The van der Waals surface area contributed by atoms with Crippen molar-refractivity contribution in [1.29, 1.82) is 0 Å². The van der Waals surface area contributed by atoms with Gasteiger partial charge in [-0.15, -0.1) is 0 Å². The molecule has 4 heteroatoms. The molecular weight excluding hydrogens is 216 g/mol. The van der Waals surface area contributed by atoms with Gasteiger partial charge in [0, 0.05) is 32.1 Å². The summed E-state index contributed by atoms with van der Waals surface area (Å²) < 4.78 is 5.36. The predicted molar refractivity (Wildman–Crippen MR) is 66.0 cm³/mol. The van der Waals surface area contributed by atoms with Crippen LogP contribution in [0, 0.1) is 0 Å². The highest BCUT2D eigenvalue weighted by Gasteiger charge is 2.23. The number of hydrogen-bond donors (Lipinski definition) is 1. The number of nitrogens with zero attached hydrogens (tertiary/aromatic N) is 1. The van der Waals surface area contributed by atoms with Crippen molar-refractivity contribution >= 4 is 5.91 Å². The minimum Gasteiger partial charge on any atom is -0.496 e. The van der Waals surface area contributed by atoms with E-state index >= 15 is 0 Å². The lowest BCUT2D eigenvalue weighted by atomic mass is 10.1. The highest BCUT2D eigenvalue weighted by molar-refractivity contribution is 5.76. The van der Waals surface area contributed by atoms with E-state index in [0.29, 0.717) is 19.5 Å². The van der Waals surface area contributed by atoms with E-state index in [1.54, 1.807) is 12.0 Å². The number of amides is 1.